The first kappa shape index (κ1) is 33.4. The van der Waals surface area contributed by atoms with Crippen molar-refractivity contribution in [1.82, 2.24) is 0 Å². The Morgan fingerprint density at radius 1 is 0.681 bits per heavy atom. The zero-order valence-electron chi connectivity index (χ0n) is 25.7. The van der Waals surface area contributed by atoms with Crippen LogP contribution < -0.4 is 18.2 Å². The van der Waals surface area contributed by atoms with Crippen LogP contribution in [0.3, 0.4) is 0 Å². The summed E-state index contributed by atoms with van der Waals surface area (Å²) in [4.78, 5) is 14.2. The van der Waals surface area contributed by atoms with E-state index >= 15 is 0 Å². The third kappa shape index (κ3) is 7.87. The molecule has 5 aromatic carbocycles. The molecule has 0 radical (unpaired) electrons. The lowest BCUT2D eigenvalue weighted by Gasteiger charge is -2.32. The molecule has 10 nitrogen and oxygen atoms in total. The van der Waals surface area contributed by atoms with Gasteiger partial charge in [0.2, 0.25) is 0 Å². The number of ether oxygens (including phenoxy) is 1. The van der Waals surface area contributed by atoms with Crippen LogP contribution in [-0.2, 0) is 29.1 Å². The van der Waals surface area contributed by atoms with E-state index in [1.807, 2.05) is 68.3 Å². The van der Waals surface area contributed by atoms with Gasteiger partial charge in [0, 0.05) is 19.7 Å². The van der Waals surface area contributed by atoms with E-state index in [0.29, 0.717) is 29.4 Å². The van der Waals surface area contributed by atoms with E-state index in [1.165, 1.54) is 22.5 Å². The Balaban J connectivity index is 1.55. The molecule has 12 heteroatoms. The number of carbonyl (C=O) groups is 1. The van der Waals surface area contributed by atoms with Crippen molar-refractivity contribution >= 4 is 56.9 Å². The molecule has 0 aromatic heterocycles. The minimum Gasteiger partial charge on any atom is -0.755 e. The third-order valence-corrected chi connectivity index (χ3v) is 8.74. The maximum absolute atomic E-state index is 12.6. The molecule has 5 aromatic rings. The van der Waals surface area contributed by atoms with Gasteiger partial charge in [0.05, 0.1) is 56.5 Å². The Morgan fingerprint density at radius 2 is 1.17 bits per heavy atom. The Bertz CT molecular complexity index is 1920. The second kappa shape index (κ2) is 14.6. The minimum absolute atomic E-state index is 0.0627. The average molecular weight is 670 g/mol. The van der Waals surface area contributed by atoms with Crippen LogP contribution in [0.15, 0.2) is 115 Å². The van der Waals surface area contributed by atoms with E-state index in [9.17, 15) is 27.4 Å². The molecule has 47 heavy (non-hydrogen) atoms. The summed E-state index contributed by atoms with van der Waals surface area (Å²) in [5.74, 6) is -0.909. The van der Waals surface area contributed by atoms with Crippen molar-refractivity contribution < 1.29 is 32.2 Å². The lowest BCUT2D eigenvalue weighted by molar-refractivity contribution is 0.0697. The second-order valence-electron chi connectivity index (χ2n) is 10.8. The zero-order chi connectivity index (χ0) is 33.7. The number of carboxylic acids is 1. The SMILES string of the molecule is Cc1ccc(N(c2ccc(Oc3ccc(N(c4ccc(C)cc4)S(=O)[O-])c(N(C)Cc4ccccc4)c3)cc2C(=O)O)S(=O)[O-])cc1. The van der Waals surface area contributed by atoms with Gasteiger partial charge in [-0.2, -0.15) is 0 Å². The van der Waals surface area contributed by atoms with Crippen molar-refractivity contribution in [3.63, 3.8) is 0 Å². The molecule has 5 rings (SSSR count). The fraction of sp³-hybridized carbons (Fsp3) is 0.114. The van der Waals surface area contributed by atoms with Gasteiger partial charge in [-0.25, -0.2) is 4.79 Å². The molecule has 0 fully saturated rings. The molecule has 2 unspecified atom stereocenters. The van der Waals surface area contributed by atoms with Gasteiger partial charge in [0.25, 0.3) is 0 Å². The molecule has 0 heterocycles. The van der Waals surface area contributed by atoms with Gasteiger partial charge in [0.1, 0.15) is 11.5 Å². The van der Waals surface area contributed by atoms with E-state index in [1.54, 1.807) is 54.6 Å². The average Bonchev–Trinajstić information content (AvgIpc) is 3.04. The van der Waals surface area contributed by atoms with E-state index in [-0.39, 0.29) is 22.7 Å². The maximum atomic E-state index is 12.6. The van der Waals surface area contributed by atoms with Gasteiger partial charge in [-0.15, -0.1) is 0 Å². The highest BCUT2D eigenvalue weighted by atomic mass is 32.2. The van der Waals surface area contributed by atoms with E-state index in [0.717, 1.165) is 21.0 Å². The Labute approximate surface area is 278 Å². The molecule has 0 spiro atoms. The van der Waals surface area contributed by atoms with Crippen LogP contribution in [-0.4, -0.2) is 35.6 Å². The lowest BCUT2D eigenvalue weighted by atomic mass is 10.1. The van der Waals surface area contributed by atoms with Gasteiger partial charge < -0.3 is 23.8 Å². The summed E-state index contributed by atoms with van der Waals surface area (Å²) in [6, 6.07) is 32.4. The van der Waals surface area contributed by atoms with Crippen molar-refractivity contribution in [3.05, 3.63) is 138 Å². The molecule has 0 aliphatic heterocycles. The lowest BCUT2D eigenvalue weighted by Crippen LogP contribution is -2.24. The van der Waals surface area contributed by atoms with E-state index in [4.69, 9.17) is 4.74 Å². The second-order valence-corrected chi connectivity index (χ2v) is 12.4. The number of benzene rings is 5. The molecule has 0 amide bonds. The number of hydrogen-bond donors (Lipinski definition) is 1. The molecular formula is C35H31N3O7S2-2. The van der Waals surface area contributed by atoms with Crippen molar-refractivity contribution in [2.45, 2.75) is 20.4 Å². The molecule has 242 valence electrons. The third-order valence-electron chi connectivity index (χ3n) is 7.33. The van der Waals surface area contributed by atoms with Crippen LogP contribution in [0.5, 0.6) is 11.5 Å². The van der Waals surface area contributed by atoms with Gasteiger partial charge in [-0.3, -0.25) is 17.0 Å². The summed E-state index contributed by atoms with van der Waals surface area (Å²) >= 11 is -5.49. The molecule has 0 bridgehead atoms. The summed E-state index contributed by atoms with van der Waals surface area (Å²) in [6.07, 6.45) is 0. The fourth-order valence-electron chi connectivity index (χ4n) is 5.02. The van der Waals surface area contributed by atoms with Gasteiger partial charge in [-0.05, 0) is 74.0 Å². The summed E-state index contributed by atoms with van der Waals surface area (Å²) in [7, 11) is 1.83. The predicted octanol–water partition coefficient (Wildman–Crippen LogP) is 7.29. The van der Waals surface area contributed by atoms with Gasteiger partial charge in [0.15, 0.2) is 0 Å². The number of aromatic carboxylic acids is 1. The molecule has 1 N–H and O–H groups in total. The van der Waals surface area contributed by atoms with Crippen LogP contribution in [0.4, 0.5) is 28.4 Å². The van der Waals surface area contributed by atoms with Gasteiger partial charge >= 0.3 is 5.97 Å². The Hall–Kier alpha value is -5.01. The van der Waals surface area contributed by atoms with E-state index in [2.05, 4.69) is 0 Å². The molecule has 2 atom stereocenters. The number of nitrogens with zero attached hydrogens (tertiary/aromatic N) is 3. The van der Waals surface area contributed by atoms with Gasteiger partial charge in [-0.1, -0.05) is 65.7 Å². The summed E-state index contributed by atoms with van der Waals surface area (Å²) in [5, 5.41) is 10.1. The van der Waals surface area contributed by atoms with E-state index < -0.39 is 28.5 Å². The van der Waals surface area contributed by atoms with Crippen molar-refractivity contribution in [2.75, 3.05) is 20.6 Å². The first-order valence-electron chi connectivity index (χ1n) is 14.4. The number of carboxylic acid groups (broad SMARTS) is 1. The Kier molecular flexibility index (Phi) is 10.4. The minimum atomic E-state index is -2.82. The standard InChI is InChI=1S/C35H33N3O7S2/c1-24-9-13-27(14-10-24)37(46(41)42)32-19-17-29(21-31(32)35(39)40)45-30-18-20-33(38(47(43)44)28-15-11-25(2)12-16-28)34(22-30)36(3)23-26-7-5-4-6-8-26/h4-22H,23H2,1-3H3,(H,39,40)(H,41,42)(H,43,44)/p-2. The van der Waals surface area contributed by atoms with Crippen molar-refractivity contribution in [3.8, 4) is 11.5 Å². The molecular weight excluding hydrogens is 639 g/mol. The molecule has 0 saturated carbocycles. The monoisotopic (exact) mass is 669 g/mol. The van der Waals surface area contributed by atoms with Crippen LogP contribution in [0.2, 0.25) is 0 Å². The zero-order valence-corrected chi connectivity index (χ0v) is 27.4. The number of aryl methyl sites for hydroxylation is 2. The van der Waals surface area contributed by atoms with Crippen LogP contribution in [0.1, 0.15) is 27.0 Å². The largest absolute Gasteiger partial charge is 0.755 e. The van der Waals surface area contributed by atoms with Crippen molar-refractivity contribution in [1.29, 1.82) is 0 Å². The first-order chi connectivity index (χ1) is 22.5. The maximum Gasteiger partial charge on any atom is 0.337 e. The highest BCUT2D eigenvalue weighted by Gasteiger charge is 2.22. The fourth-order valence-corrected chi connectivity index (χ4v) is 6.24. The number of anilines is 5. The Morgan fingerprint density at radius 3 is 1.68 bits per heavy atom. The quantitative estimate of drug-likeness (QED) is 0.137. The summed E-state index contributed by atoms with van der Waals surface area (Å²) < 4.78 is 58.0. The molecule has 0 saturated heterocycles. The first-order valence-corrected chi connectivity index (χ1v) is 16.4. The predicted molar refractivity (Wildman–Crippen MR) is 183 cm³/mol. The molecule has 0 aliphatic rings. The van der Waals surface area contributed by atoms with Crippen LogP contribution in [0, 0.1) is 13.8 Å². The molecule has 0 aliphatic carbocycles. The normalized spacial score (nSPS) is 12.2. The smallest absolute Gasteiger partial charge is 0.337 e. The number of hydrogen-bond acceptors (Lipinski definition) is 7. The van der Waals surface area contributed by atoms with Crippen molar-refractivity contribution in [2.24, 2.45) is 0 Å². The topological polar surface area (TPSA) is 137 Å². The summed E-state index contributed by atoms with van der Waals surface area (Å²) in [5.41, 5.74) is 4.15. The number of rotatable bonds is 12. The highest BCUT2D eigenvalue weighted by Crippen LogP contribution is 2.40. The van der Waals surface area contributed by atoms with Crippen LogP contribution >= 0.6 is 0 Å². The summed E-state index contributed by atoms with van der Waals surface area (Å²) in [6.45, 7) is 4.22. The highest BCUT2D eigenvalue weighted by molar-refractivity contribution is 7.81. The van der Waals surface area contributed by atoms with Crippen LogP contribution in [0.25, 0.3) is 0 Å².